The molecule has 0 fully saturated rings. The van der Waals surface area contributed by atoms with E-state index in [0.717, 1.165) is 11.1 Å². The Kier molecular flexibility index (Phi) is 7.12. The van der Waals surface area contributed by atoms with Crippen molar-refractivity contribution >= 4 is 23.7 Å². The van der Waals surface area contributed by atoms with Gasteiger partial charge in [0, 0.05) is 18.8 Å². The summed E-state index contributed by atoms with van der Waals surface area (Å²) in [6.07, 6.45) is 1.02. The average Bonchev–Trinajstić information content (AvgIpc) is 2.80. The minimum atomic E-state index is -1.36. The van der Waals surface area contributed by atoms with E-state index in [1.54, 1.807) is 32.2 Å². The number of rotatable bonds is 7. The number of methoxy groups -OCH3 is 1. The van der Waals surface area contributed by atoms with Gasteiger partial charge in [-0.25, -0.2) is 4.79 Å². The lowest BCUT2D eigenvalue weighted by molar-refractivity contribution is -0.138. The van der Waals surface area contributed by atoms with Gasteiger partial charge in [-0.1, -0.05) is 30.3 Å². The minimum absolute atomic E-state index is 0.330. The predicted molar refractivity (Wildman–Crippen MR) is 120 cm³/mol. The van der Waals surface area contributed by atoms with Crippen LogP contribution in [0.2, 0.25) is 0 Å². The molecule has 0 saturated heterocycles. The number of nitrogens with zero attached hydrogens (tertiary/aromatic N) is 1. The highest BCUT2D eigenvalue weighted by atomic mass is 16.5. The number of ketones is 1. The Labute approximate surface area is 191 Å². The molecule has 172 valence electrons. The van der Waals surface area contributed by atoms with Crippen molar-refractivity contribution in [3.8, 4) is 16.9 Å². The number of nitrogens with one attached hydrogen (secondary N) is 2. The van der Waals surface area contributed by atoms with Crippen molar-refractivity contribution < 1.29 is 29.0 Å². The molecule has 3 rings (SSSR count). The largest absolute Gasteiger partial charge is 0.497 e. The van der Waals surface area contributed by atoms with Crippen molar-refractivity contribution in [3.05, 3.63) is 65.9 Å². The second-order valence-electron chi connectivity index (χ2n) is 7.68. The van der Waals surface area contributed by atoms with Crippen LogP contribution < -0.4 is 15.4 Å². The van der Waals surface area contributed by atoms with Gasteiger partial charge in [0.05, 0.1) is 19.6 Å². The fraction of sp³-hybridized carbons (Fsp3) is 0.250. The van der Waals surface area contributed by atoms with Crippen molar-refractivity contribution in [2.45, 2.75) is 25.4 Å². The van der Waals surface area contributed by atoms with Crippen LogP contribution in [0.4, 0.5) is 4.79 Å². The topological polar surface area (TPSA) is 125 Å². The van der Waals surface area contributed by atoms with E-state index in [-0.39, 0.29) is 6.42 Å². The highest BCUT2D eigenvalue weighted by Crippen LogP contribution is 2.26. The number of ether oxygens (including phenoxy) is 1. The number of carboxylic acid groups (broad SMARTS) is 1. The fourth-order valence-corrected chi connectivity index (χ4v) is 3.56. The minimum Gasteiger partial charge on any atom is -0.497 e. The first-order chi connectivity index (χ1) is 15.7. The Morgan fingerprint density at radius 2 is 1.82 bits per heavy atom. The lowest BCUT2D eigenvalue weighted by Crippen LogP contribution is -2.56. The number of likely N-dealkylation sites (N-methyl/N-ethyl adjacent to an activating group) is 1. The molecule has 9 heteroatoms. The van der Waals surface area contributed by atoms with Crippen LogP contribution in [0, 0.1) is 0 Å². The summed E-state index contributed by atoms with van der Waals surface area (Å²) in [5.74, 6) is -1.49. The third kappa shape index (κ3) is 5.57. The van der Waals surface area contributed by atoms with Gasteiger partial charge in [0.15, 0.2) is 11.8 Å². The molecule has 2 aromatic carbocycles. The van der Waals surface area contributed by atoms with Crippen molar-refractivity contribution in [2.24, 2.45) is 0 Å². The van der Waals surface area contributed by atoms with Crippen LogP contribution in [0.5, 0.6) is 5.75 Å². The number of carboxylic acids is 1. The van der Waals surface area contributed by atoms with Crippen molar-refractivity contribution in [3.63, 3.8) is 0 Å². The van der Waals surface area contributed by atoms with E-state index >= 15 is 0 Å². The quantitative estimate of drug-likeness (QED) is 0.556. The maximum absolute atomic E-state index is 12.6. The molecule has 0 radical (unpaired) electrons. The number of carbonyl (C=O) groups is 4. The van der Waals surface area contributed by atoms with Crippen LogP contribution in [0.3, 0.4) is 0 Å². The molecule has 1 heterocycles. The molecule has 1 aliphatic rings. The Morgan fingerprint density at radius 3 is 2.45 bits per heavy atom. The van der Waals surface area contributed by atoms with Crippen LogP contribution in [0.25, 0.3) is 11.1 Å². The number of urea groups is 1. The summed E-state index contributed by atoms with van der Waals surface area (Å²) in [6, 6.07) is 11.4. The zero-order valence-corrected chi connectivity index (χ0v) is 18.5. The molecule has 0 bridgehead atoms. The molecule has 0 aliphatic carbocycles. The van der Waals surface area contributed by atoms with Gasteiger partial charge in [-0.3, -0.25) is 14.4 Å². The van der Waals surface area contributed by atoms with Crippen LogP contribution in [-0.2, 0) is 14.4 Å². The Balaban J connectivity index is 1.80. The van der Waals surface area contributed by atoms with Gasteiger partial charge in [0.1, 0.15) is 5.75 Å². The predicted octanol–water partition coefficient (Wildman–Crippen LogP) is 2.49. The van der Waals surface area contributed by atoms with Crippen LogP contribution in [0.1, 0.15) is 24.9 Å². The monoisotopic (exact) mass is 451 g/mol. The van der Waals surface area contributed by atoms with Crippen molar-refractivity contribution in [2.75, 3.05) is 14.2 Å². The summed E-state index contributed by atoms with van der Waals surface area (Å²) in [6.45, 7) is 1.55. The summed E-state index contributed by atoms with van der Waals surface area (Å²) in [5, 5.41) is 14.3. The van der Waals surface area contributed by atoms with Gasteiger partial charge in [0.2, 0.25) is 0 Å². The third-order valence-corrected chi connectivity index (χ3v) is 5.30. The number of amides is 3. The van der Waals surface area contributed by atoms with Crippen molar-refractivity contribution in [1.82, 2.24) is 15.5 Å². The van der Waals surface area contributed by atoms with Crippen LogP contribution in [-0.4, -0.2) is 53.9 Å². The molecule has 3 N–H and O–H groups in total. The smallest absolute Gasteiger partial charge is 0.316 e. The van der Waals surface area contributed by atoms with Crippen LogP contribution >= 0.6 is 0 Å². The summed E-state index contributed by atoms with van der Waals surface area (Å²) in [4.78, 5) is 50.0. The molecule has 1 aliphatic heterocycles. The number of hydrogen-bond acceptors (Lipinski definition) is 5. The molecular formula is C24H25N3O6. The second kappa shape index (κ2) is 9.99. The molecule has 2 atom stereocenters. The Bertz CT molecular complexity index is 1110. The normalized spacial score (nSPS) is 16.6. The highest BCUT2D eigenvalue weighted by molar-refractivity contribution is 6.16. The van der Waals surface area contributed by atoms with Crippen molar-refractivity contribution in [1.29, 1.82) is 0 Å². The number of Topliss-reactive ketones (excluding diaryl/α,β-unsaturated/α-hetero) is 1. The third-order valence-electron chi connectivity index (χ3n) is 5.30. The highest BCUT2D eigenvalue weighted by Gasteiger charge is 2.35. The van der Waals surface area contributed by atoms with Gasteiger partial charge in [-0.2, -0.15) is 0 Å². The summed E-state index contributed by atoms with van der Waals surface area (Å²) in [7, 11) is 3.07. The van der Waals surface area contributed by atoms with Crippen LogP contribution in [0.15, 0.2) is 60.3 Å². The average molecular weight is 451 g/mol. The molecular weight excluding hydrogens is 426 g/mol. The molecule has 2 aromatic rings. The Morgan fingerprint density at radius 1 is 1.12 bits per heavy atom. The number of carbonyl (C=O) groups excluding carboxylic acids is 3. The first-order valence-corrected chi connectivity index (χ1v) is 10.2. The van der Waals surface area contributed by atoms with E-state index in [9.17, 15) is 24.3 Å². The van der Waals surface area contributed by atoms with Gasteiger partial charge in [-0.15, -0.1) is 0 Å². The van der Waals surface area contributed by atoms with E-state index in [0.29, 0.717) is 16.9 Å². The SMILES string of the molecule is COc1ccc(-c2cccc(C(CC(=O)O)NC(=O)NC3C(=O)C(C)=CN(C)C3=O)c2)cc1. The summed E-state index contributed by atoms with van der Waals surface area (Å²) in [5.41, 5.74) is 2.61. The standard InChI is InChI=1S/C24H25N3O6/c1-14-13-27(2)23(31)21(22(14)30)26-24(32)25-19(12-20(28)29)17-6-4-5-16(11-17)15-7-9-18(33-3)10-8-15/h4-11,13,19,21H,12H2,1-3H3,(H,28,29)(H2,25,26,32). The maximum atomic E-state index is 12.6. The first-order valence-electron chi connectivity index (χ1n) is 10.2. The lowest BCUT2D eigenvalue weighted by Gasteiger charge is -2.27. The Hall–Kier alpha value is -4.14. The van der Waals surface area contributed by atoms with E-state index in [1.165, 1.54) is 18.1 Å². The summed E-state index contributed by atoms with van der Waals surface area (Å²) < 4.78 is 5.17. The molecule has 0 spiro atoms. The molecule has 33 heavy (non-hydrogen) atoms. The number of aliphatic carboxylic acids is 1. The van der Waals surface area contributed by atoms with E-state index in [4.69, 9.17) is 4.74 Å². The maximum Gasteiger partial charge on any atom is 0.316 e. The lowest BCUT2D eigenvalue weighted by atomic mass is 9.97. The van der Waals surface area contributed by atoms with E-state index < -0.39 is 35.8 Å². The van der Waals surface area contributed by atoms with Gasteiger partial charge in [0.25, 0.3) is 5.91 Å². The molecule has 0 saturated carbocycles. The van der Waals surface area contributed by atoms with E-state index in [1.807, 2.05) is 30.3 Å². The number of hydrogen-bond donors (Lipinski definition) is 3. The van der Waals surface area contributed by atoms with Gasteiger partial charge >= 0.3 is 12.0 Å². The molecule has 0 aromatic heterocycles. The molecule has 3 amide bonds. The zero-order chi connectivity index (χ0) is 24.1. The van der Waals surface area contributed by atoms with Gasteiger partial charge < -0.3 is 25.4 Å². The second-order valence-corrected chi connectivity index (χ2v) is 7.68. The zero-order valence-electron chi connectivity index (χ0n) is 18.5. The first kappa shape index (κ1) is 23.5. The summed E-state index contributed by atoms with van der Waals surface area (Å²) >= 11 is 0. The number of benzene rings is 2. The fourth-order valence-electron chi connectivity index (χ4n) is 3.56. The van der Waals surface area contributed by atoms with Gasteiger partial charge in [-0.05, 0) is 41.8 Å². The van der Waals surface area contributed by atoms with E-state index in [2.05, 4.69) is 10.6 Å². The molecule has 9 nitrogen and oxygen atoms in total. The molecule has 2 unspecified atom stereocenters.